The predicted molar refractivity (Wildman–Crippen MR) is 117 cm³/mol. The Hall–Kier alpha value is -3.46. The topological polar surface area (TPSA) is 117 Å². The summed E-state index contributed by atoms with van der Waals surface area (Å²) in [6.07, 6.45) is -1.47. The zero-order valence-electron chi connectivity index (χ0n) is 18.6. The third-order valence-electron chi connectivity index (χ3n) is 4.57. The minimum absolute atomic E-state index is 0.164. The van der Waals surface area contributed by atoms with Gasteiger partial charge in [-0.1, -0.05) is 30.3 Å². The van der Waals surface area contributed by atoms with Crippen molar-refractivity contribution in [3.8, 4) is 5.75 Å². The van der Waals surface area contributed by atoms with E-state index in [0.29, 0.717) is 5.75 Å². The number of nitro benzene ring substituents is 1. The number of rotatable bonds is 11. The van der Waals surface area contributed by atoms with E-state index in [1.807, 2.05) is 12.1 Å². The standard InChI is InChI=1S/C23H28N2O7/c1-15(2)32-22(26)13-20(19-10-5-6-11-21(19)25(28)29)24-23(27)16(3)31-14-17-8-7-9-18(12-17)30-4/h5-12,15-16,20H,13-14H2,1-4H3,(H,24,27). The minimum Gasteiger partial charge on any atom is -0.497 e. The van der Waals surface area contributed by atoms with Gasteiger partial charge >= 0.3 is 5.97 Å². The molecule has 0 bridgehead atoms. The number of methoxy groups -OCH3 is 1. The molecule has 0 saturated carbocycles. The van der Waals surface area contributed by atoms with Gasteiger partial charge in [-0.25, -0.2) is 0 Å². The first-order chi connectivity index (χ1) is 15.2. The van der Waals surface area contributed by atoms with Gasteiger partial charge in [-0.2, -0.15) is 0 Å². The van der Waals surface area contributed by atoms with Crippen LogP contribution in [0, 0.1) is 10.1 Å². The molecule has 2 unspecified atom stereocenters. The van der Waals surface area contributed by atoms with Crippen molar-refractivity contribution in [1.29, 1.82) is 0 Å². The number of carbonyl (C=O) groups is 2. The predicted octanol–water partition coefficient (Wildman–Crippen LogP) is 3.71. The van der Waals surface area contributed by atoms with Gasteiger partial charge in [0.15, 0.2) is 0 Å². The molecule has 2 atom stereocenters. The van der Waals surface area contributed by atoms with Gasteiger partial charge in [0.1, 0.15) is 11.9 Å². The normalized spacial score (nSPS) is 12.7. The highest BCUT2D eigenvalue weighted by Crippen LogP contribution is 2.28. The number of hydrogen-bond acceptors (Lipinski definition) is 7. The lowest BCUT2D eigenvalue weighted by Gasteiger charge is -2.21. The maximum atomic E-state index is 12.8. The summed E-state index contributed by atoms with van der Waals surface area (Å²) in [5, 5.41) is 14.2. The third kappa shape index (κ3) is 7.35. The summed E-state index contributed by atoms with van der Waals surface area (Å²) >= 11 is 0. The Kier molecular flexibility index (Phi) is 9.15. The number of nitrogens with zero attached hydrogens (tertiary/aromatic N) is 1. The molecule has 0 spiro atoms. The Morgan fingerprint density at radius 3 is 2.47 bits per heavy atom. The van der Waals surface area contributed by atoms with Gasteiger partial charge in [0.2, 0.25) is 5.91 Å². The lowest BCUT2D eigenvalue weighted by atomic mass is 10.0. The smallest absolute Gasteiger partial charge is 0.308 e. The SMILES string of the molecule is COc1cccc(COC(C)C(=O)NC(CC(=O)OC(C)C)c2ccccc2[N+](=O)[O-])c1. The van der Waals surface area contributed by atoms with E-state index in [2.05, 4.69) is 5.32 Å². The largest absolute Gasteiger partial charge is 0.497 e. The Balaban J connectivity index is 2.14. The highest BCUT2D eigenvalue weighted by atomic mass is 16.6. The van der Waals surface area contributed by atoms with Crippen LogP contribution in [0.5, 0.6) is 5.75 Å². The maximum Gasteiger partial charge on any atom is 0.308 e. The van der Waals surface area contributed by atoms with E-state index in [1.165, 1.54) is 18.2 Å². The van der Waals surface area contributed by atoms with E-state index in [0.717, 1.165) is 5.56 Å². The van der Waals surface area contributed by atoms with Crippen LogP contribution in [-0.2, 0) is 25.7 Å². The lowest BCUT2D eigenvalue weighted by molar-refractivity contribution is -0.385. The number of benzene rings is 2. The summed E-state index contributed by atoms with van der Waals surface area (Å²) in [4.78, 5) is 35.9. The van der Waals surface area contributed by atoms with E-state index in [1.54, 1.807) is 46.1 Å². The first kappa shape index (κ1) is 24.8. The highest BCUT2D eigenvalue weighted by Gasteiger charge is 2.28. The Labute approximate surface area is 186 Å². The van der Waals surface area contributed by atoms with Crippen molar-refractivity contribution in [1.82, 2.24) is 5.32 Å². The second-order valence-electron chi connectivity index (χ2n) is 7.42. The average molecular weight is 444 g/mol. The van der Waals surface area contributed by atoms with Crippen molar-refractivity contribution < 1.29 is 28.7 Å². The molecule has 2 aromatic carbocycles. The summed E-state index contributed by atoms with van der Waals surface area (Å²) in [6.45, 7) is 5.13. The zero-order chi connectivity index (χ0) is 23.7. The minimum atomic E-state index is -0.946. The van der Waals surface area contributed by atoms with Gasteiger partial charge in [0.25, 0.3) is 5.69 Å². The fraction of sp³-hybridized carbons (Fsp3) is 0.391. The van der Waals surface area contributed by atoms with Gasteiger partial charge in [-0.3, -0.25) is 19.7 Å². The molecule has 32 heavy (non-hydrogen) atoms. The molecule has 9 heteroatoms. The van der Waals surface area contributed by atoms with Gasteiger partial charge < -0.3 is 19.5 Å². The summed E-state index contributed by atoms with van der Waals surface area (Å²) < 4.78 is 16.0. The van der Waals surface area contributed by atoms with Crippen molar-refractivity contribution in [2.24, 2.45) is 0 Å². The monoisotopic (exact) mass is 444 g/mol. The van der Waals surface area contributed by atoms with E-state index >= 15 is 0 Å². The van der Waals surface area contributed by atoms with E-state index < -0.39 is 28.9 Å². The summed E-state index contributed by atoms with van der Waals surface area (Å²) in [7, 11) is 1.56. The number of nitrogens with one attached hydrogen (secondary N) is 1. The molecule has 0 aliphatic carbocycles. The molecule has 1 amide bonds. The molecular formula is C23H28N2O7. The molecule has 0 saturated heterocycles. The molecule has 0 aliphatic heterocycles. The fourth-order valence-electron chi connectivity index (χ4n) is 3.01. The quantitative estimate of drug-likeness (QED) is 0.319. The van der Waals surface area contributed by atoms with Crippen LogP contribution in [0.4, 0.5) is 5.69 Å². The number of ether oxygens (including phenoxy) is 3. The first-order valence-electron chi connectivity index (χ1n) is 10.2. The van der Waals surface area contributed by atoms with Crippen LogP contribution >= 0.6 is 0 Å². The number of amides is 1. The van der Waals surface area contributed by atoms with Gasteiger partial charge in [-0.15, -0.1) is 0 Å². The molecule has 0 heterocycles. The van der Waals surface area contributed by atoms with Gasteiger partial charge in [-0.05, 0) is 38.5 Å². The Morgan fingerprint density at radius 1 is 1.09 bits per heavy atom. The van der Waals surface area contributed by atoms with Crippen LogP contribution in [0.15, 0.2) is 48.5 Å². The fourth-order valence-corrected chi connectivity index (χ4v) is 3.01. The highest BCUT2D eigenvalue weighted by molar-refractivity contribution is 5.82. The van der Waals surface area contributed by atoms with Gasteiger partial charge in [0.05, 0.1) is 42.8 Å². The van der Waals surface area contributed by atoms with Crippen molar-refractivity contribution >= 4 is 17.6 Å². The molecule has 9 nitrogen and oxygen atoms in total. The molecule has 1 N–H and O–H groups in total. The third-order valence-corrected chi connectivity index (χ3v) is 4.57. The van der Waals surface area contributed by atoms with Crippen molar-refractivity contribution in [2.75, 3.05) is 7.11 Å². The summed E-state index contributed by atoms with van der Waals surface area (Å²) in [5.74, 6) is -0.412. The van der Waals surface area contributed by atoms with E-state index in [9.17, 15) is 19.7 Å². The van der Waals surface area contributed by atoms with Crippen molar-refractivity contribution in [3.63, 3.8) is 0 Å². The molecule has 2 rings (SSSR count). The Morgan fingerprint density at radius 2 is 1.81 bits per heavy atom. The zero-order valence-corrected chi connectivity index (χ0v) is 18.6. The molecule has 0 aromatic heterocycles. The van der Waals surface area contributed by atoms with Crippen LogP contribution in [0.3, 0.4) is 0 Å². The maximum absolute atomic E-state index is 12.8. The first-order valence-corrected chi connectivity index (χ1v) is 10.2. The Bertz CT molecular complexity index is 945. The van der Waals surface area contributed by atoms with Crippen LogP contribution in [-0.4, -0.2) is 36.1 Å². The number of nitro groups is 1. The number of esters is 1. The lowest BCUT2D eigenvalue weighted by Crippen LogP contribution is -2.38. The molecule has 0 radical (unpaired) electrons. The van der Waals surface area contributed by atoms with Crippen molar-refractivity contribution in [2.45, 2.75) is 52.0 Å². The summed E-state index contributed by atoms with van der Waals surface area (Å²) in [5.41, 5.74) is 0.839. The molecule has 0 aliphatic rings. The second kappa shape index (κ2) is 11.8. The van der Waals surface area contributed by atoms with Crippen LogP contribution in [0.25, 0.3) is 0 Å². The van der Waals surface area contributed by atoms with E-state index in [4.69, 9.17) is 14.2 Å². The van der Waals surface area contributed by atoms with Crippen LogP contribution in [0.1, 0.15) is 44.4 Å². The molecule has 172 valence electrons. The number of para-hydroxylation sites is 1. The number of carbonyl (C=O) groups excluding carboxylic acids is 2. The van der Waals surface area contributed by atoms with Crippen LogP contribution in [0.2, 0.25) is 0 Å². The average Bonchev–Trinajstić information content (AvgIpc) is 2.76. The second-order valence-corrected chi connectivity index (χ2v) is 7.42. The van der Waals surface area contributed by atoms with Crippen molar-refractivity contribution in [3.05, 3.63) is 69.8 Å². The van der Waals surface area contributed by atoms with E-state index in [-0.39, 0.29) is 30.4 Å². The number of hydrogen-bond donors (Lipinski definition) is 1. The van der Waals surface area contributed by atoms with Crippen LogP contribution < -0.4 is 10.1 Å². The molecule has 2 aromatic rings. The molecular weight excluding hydrogens is 416 g/mol. The van der Waals surface area contributed by atoms with Gasteiger partial charge in [0, 0.05) is 6.07 Å². The summed E-state index contributed by atoms with van der Waals surface area (Å²) in [6, 6.07) is 12.3. The molecule has 0 fully saturated rings.